The molecule has 0 aliphatic carbocycles. The number of phenols is 2. The van der Waals surface area contributed by atoms with Crippen LogP contribution in [-0.2, 0) is 11.2 Å². The van der Waals surface area contributed by atoms with Crippen molar-refractivity contribution in [3.8, 4) is 21.5 Å². The molecule has 4 aromatic rings. The van der Waals surface area contributed by atoms with Crippen LogP contribution in [-0.4, -0.2) is 35.8 Å². The van der Waals surface area contributed by atoms with Gasteiger partial charge in [-0.15, -0.1) is 0 Å². The van der Waals surface area contributed by atoms with Crippen molar-refractivity contribution in [2.24, 2.45) is 0 Å². The van der Waals surface area contributed by atoms with Crippen LogP contribution >= 0.6 is 0 Å². The van der Waals surface area contributed by atoms with Crippen LogP contribution in [0.5, 0.6) is 11.5 Å². The molecule has 0 fully saturated rings. The van der Waals surface area contributed by atoms with E-state index in [2.05, 4.69) is 0 Å². The van der Waals surface area contributed by atoms with E-state index in [-0.39, 0.29) is 26.0 Å². The van der Waals surface area contributed by atoms with Gasteiger partial charge in [0.1, 0.15) is 0 Å². The van der Waals surface area contributed by atoms with Crippen LogP contribution in [0.15, 0.2) is 72.8 Å². The number of carboxylic acids is 1. The molecule has 5 heteroatoms. The molecule has 0 spiro atoms. The van der Waals surface area contributed by atoms with Crippen molar-refractivity contribution in [2.75, 3.05) is 0 Å². The van der Waals surface area contributed by atoms with Gasteiger partial charge in [0.05, 0.1) is 0 Å². The number of rotatable bonds is 5. The first-order valence-electron chi connectivity index (χ1n) is 9.03. The number of carbonyl (C=O) groups is 1. The first kappa shape index (κ1) is 19.1. The van der Waals surface area contributed by atoms with Crippen molar-refractivity contribution in [3.05, 3.63) is 89.5 Å². The SMILES string of the molecule is O=C(O)/C=C/c1ccc(Cc2c(-c3ccc(O)cc3)[se]c3cc(O)ccc23)cc1. The van der Waals surface area contributed by atoms with Crippen LogP contribution in [0.25, 0.3) is 25.7 Å². The van der Waals surface area contributed by atoms with Gasteiger partial charge < -0.3 is 0 Å². The molecule has 144 valence electrons. The zero-order valence-corrected chi connectivity index (χ0v) is 17.1. The van der Waals surface area contributed by atoms with Gasteiger partial charge in [-0.05, 0) is 0 Å². The molecule has 0 saturated carbocycles. The summed E-state index contributed by atoms with van der Waals surface area (Å²) in [7, 11) is 0. The fourth-order valence-electron chi connectivity index (χ4n) is 3.28. The number of benzene rings is 3. The molecular formula is C24H18O4Se. The van der Waals surface area contributed by atoms with E-state index in [1.54, 1.807) is 24.3 Å². The van der Waals surface area contributed by atoms with Crippen molar-refractivity contribution in [1.29, 1.82) is 0 Å². The van der Waals surface area contributed by atoms with Gasteiger partial charge in [-0.3, -0.25) is 0 Å². The van der Waals surface area contributed by atoms with Crippen molar-refractivity contribution in [3.63, 3.8) is 0 Å². The minimum absolute atomic E-state index is 0.0601. The molecular weight excluding hydrogens is 431 g/mol. The Bertz CT molecular complexity index is 1200. The first-order chi connectivity index (χ1) is 14.0. The van der Waals surface area contributed by atoms with Crippen molar-refractivity contribution < 1.29 is 20.1 Å². The van der Waals surface area contributed by atoms with Gasteiger partial charge in [-0.2, -0.15) is 0 Å². The molecule has 0 bridgehead atoms. The average Bonchev–Trinajstić information content (AvgIpc) is 3.05. The van der Waals surface area contributed by atoms with E-state index in [1.165, 1.54) is 10.0 Å². The zero-order valence-electron chi connectivity index (χ0n) is 15.4. The average molecular weight is 449 g/mol. The predicted octanol–water partition coefficient (Wildman–Crippen LogP) is 4.66. The molecule has 1 heterocycles. The molecule has 0 radical (unpaired) electrons. The van der Waals surface area contributed by atoms with Gasteiger partial charge in [0.2, 0.25) is 0 Å². The van der Waals surface area contributed by atoms with Gasteiger partial charge in [0, 0.05) is 0 Å². The van der Waals surface area contributed by atoms with Crippen LogP contribution in [0.1, 0.15) is 16.7 Å². The van der Waals surface area contributed by atoms with Crippen LogP contribution in [0, 0.1) is 0 Å². The maximum absolute atomic E-state index is 10.7. The third-order valence-electron chi connectivity index (χ3n) is 4.68. The van der Waals surface area contributed by atoms with Crippen LogP contribution in [0.3, 0.4) is 0 Å². The quantitative estimate of drug-likeness (QED) is 0.306. The summed E-state index contributed by atoms with van der Waals surface area (Å²) in [6.45, 7) is 0. The Balaban J connectivity index is 1.75. The summed E-state index contributed by atoms with van der Waals surface area (Å²) < 4.78 is 2.39. The number of phenolic OH excluding ortho intramolecular Hbond substituents is 2. The third kappa shape index (κ3) is 4.27. The van der Waals surface area contributed by atoms with Crippen molar-refractivity contribution in [1.82, 2.24) is 0 Å². The van der Waals surface area contributed by atoms with E-state index in [9.17, 15) is 15.0 Å². The van der Waals surface area contributed by atoms with Crippen LogP contribution in [0.4, 0.5) is 0 Å². The van der Waals surface area contributed by atoms with Gasteiger partial charge in [-0.25, -0.2) is 0 Å². The number of fused-ring (bicyclic) bond motifs is 1. The Morgan fingerprint density at radius 3 is 2.28 bits per heavy atom. The molecule has 0 amide bonds. The summed E-state index contributed by atoms with van der Waals surface area (Å²) in [5.41, 5.74) is 4.26. The van der Waals surface area contributed by atoms with Gasteiger partial charge in [-0.1, -0.05) is 0 Å². The van der Waals surface area contributed by atoms with Crippen molar-refractivity contribution in [2.45, 2.75) is 6.42 Å². The topological polar surface area (TPSA) is 77.8 Å². The summed E-state index contributed by atoms with van der Waals surface area (Å²) in [5, 5.41) is 29.4. The third-order valence-corrected chi connectivity index (χ3v) is 7.29. The molecule has 3 N–H and O–H groups in total. The number of aliphatic carboxylic acids is 1. The Morgan fingerprint density at radius 1 is 0.897 bits per heavy atom. The zero-order chi connectivity index (χ0) is 20.4. The van der Waals surface area contributed by atoms with E-state index in [0.717, 1.165) is 38.8 Å². The summed E-state index contributed by atoms with van der Waals surface area (Å²) in [6, 6.07) is 20.6. The molecule has 0 atom stereocenters. The second kappa shape index (κ2) is 8.00. The van der Waals surface area contributed by atoms with Gasteiger partial charge >= 0.3 is 174 Å². The molecule has 3 aromatic carbocycles. The fraction of sp³-hybridized carbons (Fsp3) is 0.0417. The van der Waals surface area contributed by atoms with E-state index < -0.39 is 5.97 Å². The molecule has 1 aromatic heterocycles. The van der Waals surface area contributed by atoms with E-state index in [0.29, 0.717) is 0 Å². The Labute approximate surface area is 173 Å². The predicted molar refractivity (Wildman–Crippen MR) is 116 cm³/mol. The second-order valence-electron chi connectivity index (χ2n) is 6.73. The monoisotopic (exact) mass is 450 g/mol. The van der Waals surface area contributed by atoms with Gasteiger partial charge in [0.15, 0.2) is 0 Å². The number of aromatic hydroxyl groups is 2. The number of hydrogen-bond donors (Lipinski definition) is 3. The number of hydrogen-bond acceptors (Lipinski definition) is 3. The summed E-state index contributed by atoms with van der Waals surface area (Å²) >= 11 is 0.0601. The normalized spacial score (nSPS) is 11.3. The van der Waals surface area contributed by atoms with E-state index >= 15 is 0 Å². The standard InChI is InChI=1S/C24H18O4Se/c25-18-8-6-17(7-9-18)24-21(20-11-10-19(26)14-22(20)29-24)13-16-3-1-15(2-4-16)5-12-23(27)28/h1-12,14,25-26H,13H2,(H,27,28)/b12-5+. The first-order valence-corrected chi connectivity index (χ1v) is 10.7. The van der Waals surface area contributed by atoms with Gasteiger partial charge in [0.25, 0.3) is 0 Å². The molecule has 0 unspecified atom stereocenters. The second-order valence-corrected chi connectivity index (χ2v) is 8.93. The summed E-state index contributed by atoms with van der Waals surface area (Å²) in [5.74, 6) is -0.459. The molecule has 29 heavy (non-hydrogen) atoms. The molecule has 0 aliphatic heterocycles. The van der Waals surface area contributed by atoms with Crippen LogP contribution in [0.2, 0.25) is 0 Å². The Morgan fingerprint density at radius 2 is 1.59 bits per heavy atom. The molecule has 4 nitrogen and oxygen atoms in total. The summed E-state index contributed by atoms with van der Waals surface area (Å²) in [4.78, 5) is 10.7. The van der Waals surface area contributed by atoms with E-state index in [4.69, 9.17) is 5.11 Å². The molecule has 0 aliphatic rings. The minimum atomic E-state index is -0.967. The van der Waals surface area contributed by atoms with Crippen LogP contribution < -0.4 is 0 Å². The van der Waals surface area contributed by atoms with Crippen molar-refractivity contribution >= 4 is 36.2 Å². The van der Waals surface area contributed by atoms with E-state index in [1.807, 2.05) is 48.5 Å². The number of carboxylic acid groups (broad SMARTS) is 1. The summed E-state index contributed by atoms with van der Waals surface area (Å²) in [6.07, 6.45) is 3.44. The maximum atomic E-state index is 10.7. The fourth-order valence-corrected chi connectivity index (χ4v) is 5.92. The Kier molecular flexibility index (Phi) is 5.26. The Hall–Kier alpha value is -3.27. The molecule has 0 saturated heterocycles. The molecule has 4 rings (SSSR count).